The number of nitrogens with two attached hydrogens (primary N) is 1. The van der Waals surface area contributed by atoms with Gasteiger partial charge in [-0.15, -0.1) is 0 Å². The molecule has 3 heteroatoms. The Labute approximate surface area is 77.9 Å². The van der Waals surface area contributed by atoms with E-state index in [9.17, 15) is 4.39 Å². The van der Waals surface area contributed by atoms with E-state index in [0.29, 0.717) is 13.1 Å². The molecule has 1 rings (SSSR count). The summed E-state index contributed by atoms with van der Waals surface area (Å²) in [5.74, 6) is 0. The molecule has 1 aromatic carbocycles. The van der Waals surface area contributed by atoms with Crippen LogP contribution in [0.4, 0.5) is 10.1 Å². The van der Waals surface area contributed by atoms with Crippen molar-refractivity contribution in [3.05, 3.63) is 29.8 Å². The number of anilines is 1. The minimum absolute atomic E-state index is 0.349. The fourth-order valence-corrected chi connectivity index (χ4v) is 1.02. The second-order valence-corrected chi connectivity index (χ2v) is 3.06. The molecule has 0 fully saturated rings. The van der Waals surface area contributed by atoms with E-state index in [-0.39, 0.29) is 0 Å². The Hall–Kier alpha value is -1.09. The highest BCUT2D eigenvalue weighted by Crippen LogP contribution is 2.09. The van der Waals surface area contributed by atoms with Crippen LogP contribution >= 0.6 is 0 Å². The van der Waals surface area contributed by atoms with E-state index in [4.69, 9.17) is 5.73 Å². The SMILES string of the molecule is CC(F)CNc1ccc(CN)cc1. The van der Waals surface area contributed by atoms with E-state index in [2.05, 4.69) is 5.32 Å². The summed E-state index contributed by atoms with van der Waals surface area (Å²) in [6, 6.07) is 7.69. The molecule has 0 amide bonds. The second kappa shape index (κ2) is 4.82. The number of alkyl halides is 1. The average Bonchev–Trinajstić information content (AvgIpc) is 2.15. The molecule has 0 saturated heterocycles. The molecule has 1 aromatic rings. The van der Waals surface area contributed by atoms with Crippen molar-refractivity contribution in [2.75, 3.05) is 11.9 Å². The molecule has 0 spiro atoms. The third kappa shape index (κ3) is 3.42. The molecule has 0 aliphatic rings. The molecule has 0 aromatic heterocycles. The molecule has 1 unspecified atom stereocenters. The maximum atomic E-state index is 12.5. The molecular formula is C10H15FN2. The van der Waals surface area contributed by atoms with Crippen LogP contribution in [0, 0.1) is 0 Å². The predicted molar refractivity (Wildman–Crippen MR) is 53.4 cm³/mol. The summed E-state index contributed by atoms with van der Waals surface area (Å²) in [6.45, 7) is 2.42. The number of benzene rings is 1. The minimum atomic E-state index is -0.825. The molecule has 0 heterocycles. The van der Waals surface area contributed by atoms with Gasteiger partial charge in [0.1, 0.15) is 6.17 Å². The highest BCUT2D eigenvalue weighted by Gasteiger charge is 1.97. The summed E-state index contributed by atoms with van der Waals surface area (Å²) in [5, 5.41) is 2.98. The maximum absolute atomic E-state index is 12.5. The summed E-state index contributed by atoms with van der Waals surface area (Å²) in [5.41, 5.74) is 7.46. The lowest BCUT2D eigenvalue weighted by Crippen LogP contribution is -2.11. The Morgan fingerprint density at radius 1 is 1.38 bits per heavy atom. The van der Waals surface area contributed by atoms with Crippen molar-refractivity contribution in [1.29, 1.82) is 0 Å². The van der Waals surface area contributed by atoms with Crippen molar-refractivity contribution in [3.63, 3.8) is 0 Å². The highest BCUT2D eigenvalue weighted by molar-refractivity contribution is 5.44. The van der Waals surface area contributed by atoms with Gasteiger partial charge >= 0.3 is 0 Å². The predicted octanol–water partition coefficient (Wildman–Crippen LogP) is 1.92. The zero-order valence-corrected chi connectivity index (χ0v) is 7.76. The first-order chi connectivity index (χ1) is 6.22. The smallest absolute Gasteiger partial charge is 0.114 e. The highest BCUT2D eigenvalue weighted by atomic mass is 19.1. The van der Waals surface area contributed by atoms with Crippen LogP contribution in [0.3, 0.4) is 0 Å². The van der Waals surface area contributed by atoms with Gasteiger partial charge in [0.15, 0.2) is 0 Å². The molecule has 0 radical (unpaired) electrons. The van der Waals surface area contributed by atoms with Crippen LogP contribution in [0.2, 0.25) is 0 Å². The number of rotatable bonds is 4. The van der Waals surface area contributed by atoms with E-state index in [0.717, 1.165) is 11.3 Å². The zero-order valence-electron chi connectivity index (χ0n) is 7.76. The van der Waals surface area contributed by atoms with Gasteiger partial charge in [-0.3, -0.25) is 0 Å². The fraction of sp³-hybridized carbons (Fsp3) is 0.400. The Morgan fingerprint density at radius 3 is 2.46 bits per heavy atom. The van der Waals surface area contributed by atoms with Gasteiger partial charge in [0, 0.05) is 18.8 Å². The van der Waals surface area contributed by atoms with Crippen LogP contribution in [0.5, 0.6) is 0 Å². The summed E-state index contributed by atoms with van der Waals surface area (Å²) in [7, 11) is 0. The summed E-state index contributed by atoms with van der Waals surface area (Å²) < 4.78 is 12.5. The van der Waals surface area contributed by atoms with Crippen molar-refractivity contribution in [1.82, 2.24) is 0 Å². The second-order valence-electron chi connectivity index (χ2n) is 3.06. The molecule has 13 heavy (non-hydrogen) atoms. The Morgan fingerprint density at radius 2 is 2.00 bits per heavy atom. The van der Waals surface area contributed by atoms with E-state index >= 15 is 0 Å². The molecule has 1 atom stereocenters. The molecule has 0 bridgehead atoms. The van der Waals surface area contributed by atoms with E-state index in [1.165, 1.54) is 6.92 Å². The minimum Gasteiger partial charge on any atom is -0.382 e. The fourth-order valence-electron chi connectivity index (χ4n) is 1.02. The zero-order chi connectivity index (χ0) is 9.68. The van der Waals surface area contributed by atoms with Gasteiger partial charge in [0.05, 0.1) is 0 Å². The lowest BCUT2D eigenvalue weighted by Gasteiger charge is -2.07. The first-order valence-corrected chi connectivity index (χ1v) is 4.39. The van der Waals surface area contributed by atoms with Crippen LogP contribution in [-0.4, -0.2) is 12.7 Å². The van der Waals surface area contributed by atoms with Crippen molar-refractivity contribution >= 4 is 5.69 Å². The number of nitrogens with one attached hydrogen (secondary N) is 1. The van der Waals surface area contributed by atoms with Crippen LogP contribution in [0.15, 0.2) is 24.3 Å². The first-order valence-electron chi connectivity index (χ1n) is 4.39. The molecule has 72 valence electrons. The number of halogens is 1. The molecule has 0 aliphatic carbocycles. The number of hydrogen-bond acceptors (Lipinski definition) is 2. The van der Waals surface area contributed by atoms with E-state index in [1.807, 2.05) is 24.3 Å². The molecule has 0 aliphatic heterocycles. The quantitative estimate of drug-likeness (QED) is 0.746. The average molecular weight is 182 g/mol. The maximum Gasteiger partial charge on any atom is 0.114 e. The van der Waals surface area contributed by atoms with Gasteiger partial charge in [-0.1, -0.05) is 12.1 Å². The van der Waals surface area contributed by atoms with Crippen LogP contribution in [-0.2, 0) is 6.54 Å². The van der Waals surface area contributed by atoms with Crippen molar-refractivity contribution in [3.8, 4) is 0 Å². The first kappa shape index (κ1) is 9.99. The summed E-state index contributed by atoms with van der Waals surface area (Å²) >= 11 is 0. The topological polar surface area (TPSA) is 38.0 Å². The standard InChI is InChI=1S/C10H15FN2/c1-8(11)7-13-10-4-2-9(6-12)3-5-10/h2-5,8,13H,6-7,12H2,1H3. The molecule has 0 saturated carbocycles. The van der Waals surface area contributed by atoms with Gasteiger partial charge in [-0.25, -0.2) is 4.39 Å². The van der Waals surface area contributed by atoms with Gasteiger partial charge in [-0.05, 0) is 24.6 Å². The van der Waals surface area contributed by atoms with Gasteiger partial charge in [0.25, 0.3) is 0 Å². The van der Waals surface area contributed by atoms with Gasteiger partial charge in [-0.2, -0.15) is 0 Å². The Bertz CT molecular complexity index is 244. The van der Waals surface area contributed by atoms with Crippen molar-refractivity contribution in [2.24, 2.45) is 5.73 Å². The van der Waals surface area contributed by atoms with Crippen molar-refractivity contribution in [2.45, 2.75) is 19.6 Å². The summed E-state index contributed by atoms with van der Waals surface area (Å²) in [6.07, 6.45) is -0.825. The third-order valence-corrected chi connectivity index (χ3v) is 1.78. The van der Waals surface area contributed by atoms with Gasteiger partial charge in [0.2, 0.25) is 0 Å². The number of hydrogen-bond donors (Lipinski definition) is 2. The van der Waals surface area contributed by atoms with Gasteiger partial charge < -0.3 is 11.1 Å². The van der Waals surface area contributed by atoms with E-state index < -0.39 is 6.17 Å². The molecular weight excluding hydrogens is 167 g/mol. The molecule has 3 N–H and O–H groups in total. The van der Waals surface area contributed by atoms with Crippen LogP contribution < -0.4 is 11.1 Å². The van der Waals surface area contributed by atoms with E-state index in [1.54, 1.807) is 0 Å². The summed E-state index contributed by atoms with van der Waals surface area (Å²) in [4.78, 5) is 0. The lowest BCUT2D eigenvalue weighted by atomic mass is 10.2. The Kier molecular flexibility index (Phi) is 3.71. The van der Waals surface area contributed by atoms with Crippen LogP contribution in [0.1, 0.15) is 12.5 Å². The Balaban J connectivity index is 2.49. The molecule has 2 nitrogen and oxygen atoms in total. The monoisotopic (exact) mass is 182 g/mol. The van der Waals surface area contributed by atoms with Crippen LogP contribution in [0.25, 0.3) is 0 Å². The lowest BCUT2D eigenvalue weighted by molar-refractivity contribution is 0.378. The third-order valence-electron chi connectivity index (χ3n) is 1.78. The van der Waals surface area contributed by atoms with Crippen molar-refractivity contribution < 1.29 is 4.39 Å². The largest absolute Gasteiger partial charge is 0.382 e. The normalized spacial score (nSPS) is 12.5.